The third-order valence-corrected chi connectivity index (χ3v) is 1.59. The van der Waals surface area contributed by atoms with Crippen molar-refractivity contribution in [2.45, 2.75) is 12.6 Å². The van der Waals surface area contributed by atoms with Gasteiger partial charge in [-0.25, -0.2) is 0 Å². The van der Waals surface area contributed by atoms with Gasteiger partial charge in [-0.1, -0.05) is 23.8 Å². The molecule has 0 radical (unpaired) electrons. The van der Waals surface area contributed by atoms with E-state index in [9.17, 15) is 13.2 Å². The molecule has 0 aromatic heterocycles. The van der Waals surface area contributed by atoms with Crippen molar-refractivity contribution < 1.29 is 56.6 Å². The van der Waals surface area contributed by atoms with E-state index in [0.29, 0.717) is 0 Å². The van der Waals surface area contributed by atoms with Crippen molar-refractivity contribution >= 4 is 0 Å². The molecule has 0 bridgehead atoms. The quantitative estimate of drug-likeness (QED) is 0.376. The first-order chi connectivity index (χ1) is 5.55. The minimum absolute atomic E-state index is 0. The molecule has 0 saturated carbocycles. The second kappa shape index (κ2) is 6.78. The van der Waals surface area contributed by atoms with E-state index in [-0.39, 0.29) is 55.4 Å². The van der Waals surface area contributed by atoms with Crippen LogP contribution >= 0.6 is 0 Å². The Hall–Kier alpha value is 0.363. The second-order valence-corrected chi connectivity index (χ2v) is 2.40. The SMILES string of the molecule is [CH2-]Cc1ccccc1C(F)(F)F.[I-].[Zn+2]. The molecule has 1 aromatic carbocycles. The summed E-state index contributed by atoms with van der Waals surface area (Å²) in [6.07, 6.45) is -4.09. The molecule has 0 unspecified atom stereocenters. The van der Waals surface area contributed by atoms with Crippen LogP contribution in [-0.4, -0.2) is 0 Å². The molecule has 0 atom stereocenters. The van der Waals surface area contributed by atoms with E-state index in [4.69, 9.17) is 0 Å². The van der Waals surface area contributed by atoms with Gasteiger partial charge in [0.25, 0.3) is 0 Å². The van der Waals surface area contributed by atoms with Crippen LogP contribution in [0.25, 0.3) is 0 Å². The van der Waals surface area contributed by atoms with E-state index >= 15 is 0 Å². The van der Waals surface area contributed by atoms with Crippen LogP contribution in [0.15, 0.2) is 24.3 Å². The number of rotatable bonds is 1. The summed E-state index contributed by atoms with van der Waals surface area (Å²) in [5.74, 6) is 0. The van der Waals surface area contributed by atoms with Crippen LogP contribution in [0.4, 0.5) is 13.2 Å². The smallest absolute Gasteiger partial charge is 1.00 e. The zero-order chi connectivity index (χ0) is 9.19. The molecular formula is C9H8F3IZn. The van der Waals surface area contributed by atoms with Gasteiger partial charge in [-0.3, -0.25) is 0 Å². The maximum Gasteiger partial charge on any atom is 2.00 e. The van der Waals surface area contributed by atoms with Crippen LogP contribution in [0, 0.1) is 6.92 Å². The Morgan fingerprint density at radius 1 is 1.14 bits per heavy atom. The summed E-state index contributed by atoms with van der Waals surface area (Å²) in [6.45, 7) is 3.43. The van der Waals surface area contributed by atoms with E-state index in [1.807, 2.05) is 0 Å². The van der Waals surface area contributed by atoms with Crippen LogP contribution < -0.4 is 24.0 Å². The van der Waals surface area contributed by atoms with Gasteiger partial charge in [0.15, 0.2) is 0 Å². The Balaban J connectivity index is 0. The van der Waals surface area contributed by atoms with Crippen molar-refractivity contribution in [2.24, 2.45) is 0 Å². The maximum atomic E-state index is 12.2. The normalized spacial score (nSPS) is 10.0. The number of hydrogen-bond donors (Lipinski definition) is 0. The van der Waals surface area contributed by atoms with Gasteiger partial charge in [-0.15, -0.1) is 0 Å². The Morgan fingerprint density at radius 3 is 2.00 bits per heavy atom. The molecule has 0 N–H and O–H groups in total. The van der Waals surface area contributed by atoms with E-state index in [2.05, 4.69) is 6.92 Å². The Labute approximate surface area is 111 Å². The molecule has 74 valence electrons. The summed E-state index contributed by atoms with van der Waals surface area (Å²) in [4.78, 5) is 0. The Kier molecular flexibility index (Phi) is 8.12. The average molecular weight is 365 g/mol. The van der Waals surface area contributed by atoms with Crippen molar-refractivity contribution in [3.05, 3.63) is 42.3 Å². The molecule has 0 aliphatic rings. The van der Waals surface area contributed by atoms with Gasteiger partial charge in [0, 0.05) is 0 Å². The van der Waals surface area contributed by atoms with Gasteiger partial charge in [-0.05, 0) is 6.07 Å². The summed E-state index contributed by atoms with van der Waals surface area (Å²) < 4.78 is 36.6. The fraction of sp³-hybridized carbons (Fsp3) is 0.222. The van der Waals surface area contributed by atoms with Crippen molar-refractivity contribution in [1.82, 2.24) is 0 Å². The van der Waals surface area contributed by atoms with Gasteiger partial charge in [-0.2, -0.15) is 19.6 Å². The van der Waals surface area contributed by atoms with Crippen LogP contribution in [0.3, 0.4) is 0 Å². The van der Waals surface area contributed by atoms with Crippen LogP contribution in [-0.2, 0) is 32.1 Å². The number of alkyl halides is 3. The molecule has 1 rings (SSSR count). The summed E-state index contributed by atoms with van der Waals surface area (Å²) in [6, 6.07) is 5.47. The topological polar surface area (TPSA) is 0 Å². The monoisotopic (exact) mass is 364 g/mol. The minimum Gasteiger partial charge on any atom is -1.00 e. The Morgan fingerprint density at radius 2 is 1.64 bits per heavy atom. The maximum absolute atomic E-state index is 12.2. The van der Waals surface area contributed by atoms with Crippen LogP contribution in [0.5, 0.6) is 0 Å². The number of halogens is 4. The number of hydrogen-bond acceptors (Lipinski definition) is 0. The van der Waals surface area contributed by atoms with Gasteiger partial charge >= 0.3 is 25.7 Å². The van der Waals surface area contributed by atoms with Crippen molar-refractivity contribution in [1.29, 1.82) is 0 Å². The Bertz CT molecular complexity index is 273. The van der Waals surface area contributed by atoms with Gasteiger partial charge in [0.2, 0.25) is 0 Å². The summed E-state index contributed by atoms with van der Waals surface area (Å²) in [5.41, 5.74) is -0.343. The standard InChI is InChI=1S/C9H8F3.HI.Zn/c1-2-7-5-3-4-6-8(7)9(10,11)12;;/h3-6H,1-2H2;1H;/q-1;;+2/p-1. The van der Waals surface area contributed by atoms with E-state index < -0.39 is 11.7 Å². The van der Waals surface area contributed by atoms with Crippen molar-refractivity contribution in [2.75, 3.05) is 0 Å². The van der Waals surface area contributed by atoms with E-state index in [1.165, 1.54) is 12.1 Å². The minimum atomic E-state index is -4.26. The molecule has 14 heavy (non-hydrogen) atoms. The van der Waals surface area contributed by atoms with E-state index in [0.717, 1.165) is 6.07 Å². The van der Waals surface area contributed by atoms with Crippen LogP contribution in [0.1, 0.15) is 11.1 Å². The molecule has 0 amide bonds. The van der Waals surface area contributed by atoms with E-state index in [1.54, 1.807) is 6.07 Å². The summed E-state index contributed by atoms with van der Waals surface area (Å²) in [7, 11) is 0. The molecular weight excluding hydrogens is 357 g/mol. The number of benzene rings is 1. The largest absolute Gasteiger partial charge is 2.00 e. The molecule has 0 saturated heterocycles. The van der Waals surface area contributed by atoms with Crippen LogP contribution in [0.2, 0.25) is 0 Å². The molecule has 0 heterocycles. The predicted molar refractivity (Wildman–Crippen MR) is 40.5 cm³/mol. The first kappa shape index (κ1) is 16.8. The average Bonchev–Trinajstić information content (AvgIpc) is 2.03. The van der Waals surface area contributed by atoms with Gasteiger partial charge in [0.05, 0.1) is 5.56 Å². The first-order valence-corrected chi connectivity index (χ1v) is 3.50. The van der Waals surface area contributed by atoms with Crippen molar-refractivity contribution in [3.8, 4) is 0 Å². The van der Waals surface area contributed by atoms with Gasteiger partial charge < -0.3 is 30.9 Å². The summed E-state index contributed by atoms with van der Waals surface area (Å²) in [5, 5.41) is 0. The fourth-order valence-electron chi connectivity index (χ4n) is 1.01. The first-order valence-electron chi connectivity index (χ1n) is 3.50. The fourth-order valence-corrected chi connectivity index (χ4v) is 1.01. The summed E-state index contributed by atoms with van der Waals surface area (Å²) >= 11 is 0. The van der Waals surface area contributed by atoms with Gasteiger partial charge in [0.1, 0.15) is 0 Å². The molecule has 5 heteroatoms. The molecule has 0 fully saturated rings. The third-order valence-electron chi connectivity index (χ3n) is 1.59. The zero-order valence-electron chi connectivity index (χ0n) is 7.44. The van der Waals surface area contributed by atoms with Crippen molar-refractivity contribution in [3.63, 3.8) is 0 Å². The molecule has 0 aliphatic heterocycles. The zero-order valence-corrected chi connectivity index (χ0v) is 12.6. The third kappa shape index (κ3) is 4.26. The molecule has 0 nitrogen and oxygen atoms in total. The molecule has 0 aliphatic carbocycles. The second-order valence-electron chi connectivity index (χ2n) is 2.40. The predicted octanol–water partition coefficient (Wildman–Crippen LogP) is 0.0835. The molecule has 1 aromatic rings. The molecule has 0 spiro atoms.